The molecule has 0 aromatic heterocycles. The van der Waals surface area contributed by atoms with Crippen LogP contribution in [-0.2, 0) is 11.3 Å². The van der Waals surface area contributed by atoms with Gasteiger partial charge in [-0.05, 0) is 45.4 Å². The first-order valence-electron chi connectivity index (χ1n) is 6.12. The molecule has 0 amide bonds. The second kappa shape index (κ2) is 6.26. The van der Waals surface area contributed by atoms with Gasteiger partial charge in [-0.2, -0.15) is 0 Å². The van der Waals surface area contributed by atoms with Crippen LogP contribution in [0.5, 0.6) is 5.75 Å². The maximum absolute atomic E-state index is 10.7. The molecule has 0 bridgehead atoms. The lowest BCUT2D eigenvalue weighted by Crippen LogP contribution is -2.35. The second-order valence-corrected chi connectivity index (χ2v) is 5.87. The van der Waals surface area contributed by atoms with Gasteiger partial charge in [0.15, 0.2) is 6.10 Å². The van der Waals surface area contributed by atoms with Crippen molar-refractivity contribution in [1.82, 2.24) is 5.32 Å². The number of rotatable bonds is 5. The van der Waals surface area contributed by atoms with Gasteiger partial charge < -0.3 is 15.2 Å². The molecule has 4 nitrogen and oxygen atoms in total. The van der Waals surface area contributed by atoms with Crippen molar-refractivity contribution in [2.24, 2.45) is 0 Å². The van der Waals surface area contributed by atoms with Crippen molar-refractivity contribution in [3.63, 3.8) is 0 Å². The Labute approximate surface area is 118 Å². The van der Waals surface area contributed by atoms with Gasteiger partial charge in [-0.3, -0.25) is 0 Å². The lowest BCUT2D eigenvalue weighted by atomic mass is 10.1. The highest BCUT2D eigenvalue weighted by atomic mass is 35.5. The molecule has 0 radical (unpaired) electrons. The van der Waals surface area contributed by atoms with E-state index in [9.17, 15) is 4.79 Å². The van der Waals surface area contributed by atoms with E-state index in [4.69, 9.17) is 21.4 Å². The Hall–Kier alpha value is -1.26. The molecule has 0 aliphatic rings. The molecule has 1 unspecified atom stereocenters. The number of carboxylic acids is 1. The highest BCUT2D eigenvalue weighted by Crippen LogP contribution is 2.26. The molecule has 0 spiro atoms. The first kappa shape index (κ1) is 15.8. The van der Waals surface area contributed by atoms with Crippen LogP contribution in [0.4, 0.5) is 0 Å². The van der Waals surface area contributed by atoms with Crippen LogP contribution in [0.15, 0.2) is 18.2 Å². The van der Waals surface area contributed by atoms with Gasteiger partial charge in [-0.25, -0.2) is 4.79 Å². The van der Waals surface area contributed by atoms with E-state index in [-0.39, 0.29) is 5.54 Å². The van der Waals surface area contributed by atoms with E-state index in [1.54, 1.807) is 12.1 Å². The van der Waals surface area contributed by atoms with Crippen molar-refractivity contribution >= 4 is 17.6 Å². The highest BCUT2D eigenvalue weighted by molar-refractivity contribution is 6.32. The Morgan fingerprint density at radius 3 is 2.58 bits per heavy atom. The fourth-order valence-corrected chi connectivity index (χ4v) is 1.61. The number of ether oxygens (including phenoxy) is 1. The van der Waals surface area contributed by atoms with Gasteiger partial charge in [-0.1, -0.05) is 17.7 Å². The minimum atomic E-state index is -1.02. The first-order valence-corrected chi connectivity index (χ1v) is 6.50. The number of benzene rings is 1. The maximum Gasteiger partial charge on any atom is 0.344 e. The predicted molar refractivity (Wildman–Crippen MR) is 75.8 cm³/mol. The molecule has 1 atom stereocenters. The molecule has 0 saturated carbocycles. The average Bonchev–Trinajstić information content (AvgIpc) is 2.28. The quantitative estimate of drug-likeness (QED) is 0.873. The van der Waals surface area contributed by atoms with Crippen LogP contribution in [0.2, 0.25) is 5.02 Å². The molecular weight excluding hydrogens is 266 g/mol. The summed E-state index contributed by atoms with van der Waals surface area (Å²) in [6, 6.07) is 5.35. The van der Waals surface area contributed by atoms with Crippen molar-refractivity contribution in [3.8, 4) is 5.75 Å². The van der Waals surface area contributed by atoms with E-state index in [1.165, 1.54) is 6.92 Å². The Bertz CT molecular complexity index is 454. The van der Waals surface area contributed by atoms with E-state index in [0.29, 0.717) is 17.3 Å². The number of hydrogen-bond acceptors (Lipinski definition) is 3. The fraction of sp³-hybridized carbons (Fsp3) is 0.500. The van der Waals surface area contributed by atoms with Gasteiger partial charge >= 0.3 is 5.97 Å². The lowest BCUT2D eigenvalue weighted by Gasteiger charge is -2.21. The molecule has 0 aliphatic heterocycles. The second-order valence-electron chi connectivity index (χ2n) is 5.47. The molecule has 5 heteroatoms. The maximum atomic E-state index is 10.7. The Morgan fingerprint density at radius 2 is 2.11 bits per heavy atom. The third kappa shape index (κ3) is 5.49. The standard InChI is InChI=1S/C14H20ClNO3/c1-9(13(17)18)19-12-6-5-10(7-11(12)15)8-16-14(2,3)4/h5-7,9,16H,8H2,1-4H3,(H,17,18). The number of carbonyl (C=O) groups is 1. The van der Waals surface area contributed by atoms with Crippen molar-refractivity contribution in [2.45, 2.75) is 45.9 Å². The smallest absolute Gasteiger partial charge is 0.344 e. The van der Waals surface area contributed by atoms with E-state index in [0.717, 1.165) is 5.56 Å². The lowest BCUT2D eigenvalue weighted by molar-refractivity contribution is -0.144. The SMILES string of the molecule is CC(Oc1ccc(CNC(C)(C)C)cc1Cl)C(=O)O. The zero-order valence-electron chi connectivity index (χ0n) is 11.7. The molecule has 0 aliphatic carbocycles. The van der Waals surface area contributed by atoms with Crippen LogP contribution in [-0.4, -0.2) is 22.7 Å². The Morgan fingerprint density at radius 1 is 1.47 bits per heavy atom. The third-order valence-corrected chi connectivity index (χ3v) is 2.77. The molecule has 0 fully saturated rings. The summed E-state index contributed by atoms with van der Waals surface area (Å²) in [6.07, 6.45) is -0.920. The molecule has 1 aromatic carbocycles. The summed E-state index contributed by atoms with van der Waals surface area (Å²) in [5, 5.41) is 12.6. The third-order valence-electron chi connectivity index (χ3n) is 2.47. The highest BCUT2D eigenvalue weighted by Gasteiger charge is 2.15. The summed E-state index contributed by atoms with van der Waals surface area (Å²) in [5.74, 6) is -0.634. The molecule has 0 heterocycles. The van der Waals surface area contributed by atoms with E-state index in [1.807, 2.05) is 6.07 Å². The molecule has 19 heavy (non-hydrogen) atoms. The van der Waals surface area contributed by atoms with E-state index >= 15 is 0 Å². The monoisotopic (exact) mass is 285 g/mol. The largest absolute Gasteiger partial charge is 0.479 e. The van der Waals surface area contributed by atoms with E-state index in [2.05, 4.69) is 26.1 Å². The minimum Gasteiger partial charge on any atom is -0.479 e. The fourth-order valence-electron chi connectivity index (χ4n) is 1.36. The van der Waals surface area contributed by atoms with Gasteiger partial charge in [-0.15, -0.1) is 0 Å². The van der Waals surface area contributed by atoms with Crippen LogP contribution in [0.1, 0.15) is 33.3 Å². The summed E-state index contributed by atoms with van der Waals surface area (Å²) in [6.45, 7) is 8.41. The zero-order chi connectivity index (χ0) is 14.6. The summed E-state index contributed by atoms with van der Waals surface area (Å²) in [4.78, 5) is 10.7. The number of aliphatic carboxylic acids is 1. The number of halogens is 1. The number of nitrogens with one attached hydrogen (secondary N) is 1. The van der Waals surface area contributed by atoms with Gasteiger partial charge in [0.1, 0.15) is 5.75 Å². The van der Waals surface area contributed by atoms with Crippen LogP contribution < -0.4 is 10.1 Å². The van der Waals surface area contributed by atoms with Crippen LogP contribution in [0, 0.1) is 0 Å². The molecule has 106 valence electrons. The summed E-state index contributed by atoms with van der Waals surface area (Å²) < 4.78 is 5.26. The molecule has 1 aromatic rings. The summed E-state index contributed by atoms with van der Waals surface area (Å²) in [7, 11) is 0. The number of carboxylic acid groups (broad SMARTS) is 1. The minimum absolute atomic E-state index is 0.0273. The van der Waals surface area contributed by atoms with Gasteiger partial charge in [0.05, 0.1) is 5.02 Å². The average molecular weight is 286 g/mol. The normalized spacial score (nSPS) is 13.1. The Balaban J connectivity index is 2.72. The van der Waals surface area contributed by atoms with Crippen molar-refractivity contribution < 1.29 is 14.6 Å². The molecule has 1 rings (SSSR count). The summed E-state index contributed by atoms with van der Waals surface area (Å²) in [5.41, 5.74) is 1.05. The van der Waals surface area contributed by atoms with Crippen molar-refractivity contribution in [2.75, 3.05) is 0 Å². The van der Waals surface area contributed by atoms with Gasteiger partial charge in [0.2, 0.25) is 0 Å². The Kier molecular flexibility index (Phi) is 5.20. The van der Waals surface area contributed by atoms with Gasteiger partial charge in [0, 0.05) is 12.1 Å². The first-order chi connectivity index (χ1) is 8.69. The van der Waals surface area contributed by atoms with Crippen molar-refractivity contribution in [3.05, 3.63) is 28.8 Å². The van der Waals surface area contributed by atoms with Crippen LogP contribution >= 0.6 is 11.6 Å². The predicted octanol–water partition coefficient (Wildman–Crippen LogP) is 3.08. The van der Waals surface area contributed by atoms with E-state index < -0.39 is 12.1 Å². The van der Waals surface area contributed by atoms with Crippen molar-refractivity contribution in [1.29, 1.82) is 0 Å². The molecule has 2 N–H and O–H groups in total. The molecule has 0 saturated heterocycles. The number of hydrogen-bond donors (Lipinski definition) is 2. The van der Waals surface area contributed by atoms with Gasteiger partial charge in [0.25, 0.3) is 0 Å². The zero-order valence-corrected chi connectivity index (χ0v) is 12.4. The van der Waals surface area contributed by atoms with Crippen LogP contribution in [0.25, 0.3) is 0 Å². The van der Waals surface area contributed by atoms with Crippen LogP contribution in [0.3, 0.4) is 0 Å². The topological polar surface area (TPSA) is 58.6 Å². The summed E-state index contributed by atoms with van der Waals surface area (Å²) >= 11 is 6.08. The molecular formula is C14H20ClNO3.